The highest BCUT2D eigenvalue weighted by Crippen LogP contribution is 2.38. The second-order valence-electron chi connectivity index (χ2n) is 7.94. The molecule has 0 spiro atoms. The molecule has 0 N–H and O–H groups in total. The fraction of sp³-hybridized carbons (Fsp3) is 0.458. The van der Waals surface area contributed by atoms with Crippen LogP contribution in [0.3, 0.4) is 0 Å². The van der Waals surface area contributed by atoms with Crippen molar-refractivity contribution in [2.45, 2.75) is 51.0 Å². The van der Waals surface area contributed by atoms with Crippen LogP contribution in [0.1, 0.15) is 44.9 Å². The van der Waals surface area contributed by atoms with Crippen LogP contribution in [0.5, 0.6) is 0 Å². The van der Waals surface area contributed by atoms with Gasteiger partial charge < -0.3 is 4.90 Å². The maximum Gasteiger partial charge on any atom is 0.225 e. The minimum absolute atomic E-state index is 0.291. The van der Waals surface area contributed by atoms with Crippen molar-refractivity contribution in [1.82, 2.24) is 4.90 Å². The van der Waals surface area contributed by atoms with Gasteiger partial charge in [-0.15, -0.1) is 0 Å². The van der Waals surface area contributed by atoms with Gasteiger partial charge in [0.05, 0.1) is 0 Å². The van der Waals surface area contributed by atoms with Gasteiger partial charge >= 0.3 is 0 Å². The molecule has 2 aromatic rings. The molecule has 2 aromatic carbocycles. The van der Waals surface area contributed by atoms with E-state index in [2.05, 4.69) is 65.6 Å². The van der Waals surface area contributed by atoms with E-state index in [-0.39, 0.29) is 0 Å². The summed E-state index contributed by atoms with van der Waals surface area (Å²) < 4.78 is 0. The van der Waals surface area contributed by atoms with E-state index in [9.17, 15) is 4.79 Å². The molecule has 1 amide bonds. The highest BCUT2D eigenvalue weighted by molar-refractivity contribution is 7.73. The summed E-state index contributed by atoms with van der Waals surface area (Å²) in [6, 6.07) is 22.2. The molecule has 1 saturated heterocycles. The Balaban J connectivity index is 1.54. The largest absolute Gasteiger partial charge is 0.339 e. The predicted molar refractivity (Wildman–Crippen MR) is 115 cm³/mol. The fourth-order valence-corrected chi connectivity index (χ4v) is 7.27. The third kappa shape index (κ3) is 4.43. The average Bonchev–Trinajstić information content (AvgIpc) is 3.21. The van der Waals surface area contributed by atoms with E-state index in [1.807, 2.05) is 0 Å². The molecule has 0 unspecified atom stereocenters. The molecule has 142 valence electrons. The van der Waals surface area contributed by atoms with E-state index in [4.69, 9.17) is 0 Å². The van der Waals surface area contributed by atoms with Crippen molar-refractivity contribution in [1.29, 1.82) is 0 Å². The standard InChI is InChI=1S/C24H30NOP/c26-24(20-11-4-1-5-12-20)25-18-10-13-21(25)19-27(22-14-6-2-7-15-22)23-16-8-3-9-17-23/h2-3,6-9,14-17,20-21H,1,4-5,10-13,18-19H2/t21-/m0/s1. The summed E-state index contributed by atoms with van der Waals surface area (Å²) in [7, 11) is -0.425. The van der Waals surface area contributed by atoms with Crippen LogP contribution < -0.4 is 10.6 Å². The zero-order chi connectivity index (χ0) is 18.5. The van der Waals surface area contributed by atoms with Gasteiger partial charge in [0.25, 0.3) is 0 Å². The minimum Gasteiger partial charge on any atom is -0.339 e. The molecule has 1 heterocycles. The monoisotopic (exact) mass is 379 g/mol. The van der Waals surface area contributed by atoms with E-state index < -0.39 is 7.92 Å². The van der Waals surface area contributed by atoms with Gasteiger partial charge in [-0.1, -0.05) is 79.9 Å². The lowest BCUT2D eigenvalue weighted by atomic mass is 9.88. The molecule has 0 bridgehead atoms. The van der Waals surface area contributed by atoms with Crippen LogP contribution in [0.25, 0.3) is 0 Å². The van der Waals surface area contributed by atoms with Crippen molar-refractivity contribution in [3.05, 3.63) is 60.7 Å². The Morgan fingerprint density at radius 2 is 1.41 bits per heavy atom. The normalized spacial score (nSPS) is 20.9. The summed E-state index contributed by atoms with van der Waals surface area (Å²) in [5.41, 5.74) is 0. The van der Waals surface area contributed by atoms with Crippen molar-refractivity contribution in [3.63, 3.8) is 0 Å². The summed E-state index contributed by atoms with van der Waals surface area (Å²) in [6.45, 7) is 0.965. The van der Waals surface area contributed by atoms with Crippen molar-refractivity contribution in [2.75, 3.05) is 12.7 Å². The van der Waals surface area contributed by atoms with Crippen LogP contribution >= 0.6 is 7.92 Å². The number of benzene rings is 2. The Bertz CT molecular complexity index is 687. The molecule has 4 rings (SSSR count). The third-order valence-electron chi connectivity index (χ3n) is 6.14. The topological polar surface area (TPSA) is 20.3 Å². The molecule has 3 heteroatoms. The van der Waals surface area contributed by atoms with Crippen molar-refractivity contribution in [2.24, 2.45) is 5.92 Å². The average molecular weight is 379 g/mol. The van der Waals surface area contributed by atoms with Gasteiger partial charge in [0.2, 0.25) is 5.91 Å². The molecule has 1 saturated carbocycles. The van der Waals surface area contributed by atoms with Crippen LogP contribution in [0.15, 0.2) is 60.7 Å². The van der Waals surface area contributed by atoms with E-state index >= 15 is 0 Å². The summed E-state index contributed by atoms with van der Waals surface area (Å²) >= 11 is 0. The summed E-state index contributed by atoms with van der Waals surface area (Å²) in [5.74, 6) is 0.743. The number of carbonyl (C=O) groups excluding carboxylic acids is 1. The lowest BCUT2D eigenvalue weighted by molar-refractivity contribution is -0.137. The molecule has 1 aliphatic heterocycles. The Morgan fingerprint density at radius 1 is 0.815 bits per heavy atom. The summed E-state index contributed by atoms with van der Waals surface area (Å²) in [4.78, 5) is 15.5. The second kappa shape index (κ2) is 9.02. The summed E-state index contributed by atoms with van der Waals surface area (Å²) in [6.07, 6.45) is 9.41. The third-order valence-corrected chi connectivity index (χ3v) is 8.77. The van der Waals surface area contributed by atoms with Gasteiger partial charge in [0.15, 0.2) is 0 Å². The molecule has 27 heavy (non-hydrogen) atoms. The Hall–Kier alpha value is -1.66. The number of amides is 1. The number of carbonyl (C=O) groups is 1. The lowest BCUT2D eigenvalue weighted by Crippen LogP contribution is -2.42. The highest BCUT2D eigenvalue weighted by atomic mass is 31.1. The molecule has 2 fully saturated rings. The number of rotatable bonds is 5. The van der Waals surface area contributed by atoms with Crippen molar-refractivity contribution < 1.29 is 4.79 Å². The zero-order valence-corrected chi connectivity index (χ0v) is 17.0. The fourth-order valence-electron chi connectivity index (χ4n) is 4.69. The maximum absolute atomic E-state index is 13.2. The molecule has 2 nitrogen and oxygen atoms in total. The van der Waals surface area contributed by atoms with Crippen LogP contribution in [-0.2, 0) is 4.79 Å². The highest BCUT2D eigenvalue weighted by Gasteiger charge is 2.35. The van der Waals surface area contributed by atoms with Crippen LogP contribution in [0.2, 0.25) is 0 Å². The van der Waals surface area contributed by atoms with Crippen molar-refractivity contribution in [3.8, 4) is 0 Å². The Morgan fingerprint density at radius 3 is 2.00 bits per heavy atom. The molecule has 1 atom stereocenters. The predicted octanol–water partition coefficient (Wildman–Crippen LogP) is 4.69. The van der Waals surface area contributed by atoms with Gasteiger partial charge in [-0.3, -0.25) is 4.79 Å². The van der Waals surface area contributed by atoms with Gasteiger partial charge in [0, 0.05) is 18.5 Å². The number of nitrogens with zero attached hydrogens (tertiary/aromatic N) is 1. The van der Waals surface area contributed by atoms with Gasteiger partial charge in [-0.2, -0.15) is 0 Å². The molecule has 0 radical (unpaired) electrons. The van der Waals surface area contributed by atoms with Crippen LogP contribution in [-0.4, -0.2) is 29.6 Å². The Labute approximate surface area is 164 Å². The van der Waals surface area contributed by atoms with Gasteiger partial charge in [-0.25, -0.2) is 0 Å². The van der Waals surface area contributed by atoms with E-state index in [0.29, 0.717) is 17.9 Å². The lowest BCUT2D eigenvalue weighted by Gasteiger charge is -2.33. The van der Waals surface area contributed by atoms with E-state index in [1.54, 1.807) is 0 Å². The minimum atomic E-state index is -0.425. The quantitative estimate of drug-likeness (QED) is 0.690. The number of likely N-dealkylation sites (tertiary alicyclic amines) is 1. The number of hydrogen-bond acceptors (Lipinski definition) is 1. The molecule has 1 aliphatic carbocycles. The first-order chi connectivity index (χ1) is 13.3. The van der Waals surface area contributed by atoms with Crippen LogP contribution in [0, 0.1) is 5.92 Å². The smallest absolute Gasteiger partial charge is 0.225 e. The second-order valence-corrected chi connectivity index (χ2v) is 10.2. The van der Waals surface area contributed by atoms with E-state index in [0.717, 1.165) is 38.4 Å². The molecular formula is C24H30NOP. The molecular weight excluding hydrogens is 349 g/mol. The maximum atomic E-state index is 13.2. The van der Waals surface area contributed by atoms with Crippen molar-refractivity contribution >= 4 is 24.4 Å². The van der Waals surface area contributed by atoms with Gasteiger partial charge in [0.1, 0.15) is 0 Å². The van der Waals surface area contributed by atoms with Gasteiger partial charge in [-0.05, 0) is 50.4 Å². The first-order valence-corrected chi connectivity index (χ1v) is 12.0. The number of hydrogen-bond donors (Lipinski definition) is 0. The SMILES string of the molecule is O=C(C1CCCCC1)N1CCC[C@H]1CP(c1ccccc1)c1ccccc1. The van der Waals surface area contributed by atoms with Crippen LogP contribution in [0.4, 0.5) is 0 Å². The molecule has 0 aromatic heterocycles. The summed E-state index contributed by atoms with van der Waals surface area (Å²) in [5, 5.41) is 2.85. The van der Waals surface area contributed by atoms with E-state index in [1.165, 1.54) is 29.9 Å². The first-order valence-electron chi connectivity index (χ1n) is 10.5. The zero-order valence-electron chi connectivity index (χ0n) is 16.1. The first kappa shape index (κ1) is 18.7. The Kier molecular flexibility index (Phi) is 6.24. The molecule has 2 aliphatic rings.